The van der Waals surface area contributed by atoms with E-state index in [9.17, 15) is 14.9 Å². The first-order chi connectivity index (χ1) is 14.8. The van der Waals surface area contributed by atoms with E-state index in [0.717, 1.165) is 0 Å². The van der Waals surface area contributed by atoms with E-state index in [-0.39, 0.29) is 10.8 Å². The van der Waals surface area contributed by atoms with Crippen LogP contribution in [0.25, 0.3) is 17.4 Å². The van der Waals surface area contributed by atoms with Gasteiger partial charge in [-0.05, 0) is 54.7 Å². The molecule has 3 rings (SSSR count). The van der Waals surface area contributed by atoms with Crippen molar-refractivity contribution >= 4 is 63.9 Å². The van der Waals surface area contributed by atoms with E-state index < -0.39 is 10.8 Å². The summed E-state index contributed by atoms with van der Waals surface area (Å²) in [6.45, 7) is 0. The maximum atomic E-state index is 12.0. The molecule has 31 heavy (non-hydrogen) atoms. The van der Waals surface area contributed by atoms with Gasteiger partial charge in [0.05, 0.1) is 20.7 Å². The van der Waals surface area contributed by atoms with Crippen LogP contribution in [0, 0.1) is 10.1 Å². The number of amides is 1. The minimum atomic E-state index is -0.500. The maximum absolute atomic E-state index is 12.0. The van der Waals surface area contributed by atoms with E-state index in [0.29, 0.717) is 32.8 Å². The highest BCUT2D eigenvalue weighted by atomic mass is 35.5. The predicted octanol–water partition coefficient (Wildman–Crippen LogP) is 5.19. The molecule has 8 nitrogen and oxygen atoms in total. The van der Waals surface area contributed by atoms with Crippen molar-refractivity contribution < 1.29 is 14.1 Å². The van der Waals surface area contributed by atoms with Crippen molar-refractivity contribution in [3.8, 4) is 11.3 Å². The van der Waals surface area contributed by atoms with Crippen molar-refractivity contribution in [1.82, 2.24) is 10.7 Å². The number of anilines is 1. The number of rotatable bonds is 6. The molecule has 0 fully saturated rings. The molecule has 0 aliphatic rings. The van der Waals surface area contributed by atoms with Gasteiger partial charge in [-0.15, -0.1) is 0 Å². The van der Waals surface area contributed by atoms with Gasteiger partial charge in [0.1, 0.15) is 11.5 Å². The van der Waals surface area contributed by atoms with Gasteiger partial charge in [0, 0.05) is 23.8 Å². The highest BCUT2D eigenvalue weighted by molar-refractivity contribution is 7.80. The van der Waals surface area contributed by atoms with Crippen molar-refractivity contribution in [3.05, 3.63) is 86.6 Å². The van der Waals surface area contributed by atoms with Crippen LogP contribution in [0.3, 0.4) is 0 Å². The molecular formula is C20H14Cl2N4O4S. The second-order valence-corrected chi connectivity index (χ2v) is 7.20. The third-order valence-corrected chi connectivity index (χ3v) is 4.90. The van der Waals surface area contributed by atoms with Crippen LogP contribution in [0.5, 0.6) is 0 Å². The zero-order valence-electron chi connectivity index (χ0n) is 15.6. The van der Waals surface area contributed by atoms with Crippen LogP contribution in [0.2, 0.25) is 10.0 Å². The summed E-state index contributed by atoms with van der Waals surface area (Å²) < 4.78 is 5.67. The fraction of sp³-hybridized carbons (Fsp3) is 0. The summed E-state index contributed by atoms with van der Waals surface area (Å²) in [6, 6.07) is 14.3. The SMILES string of the molecule is O=C(C=Cc1ccc(-c2cccc(Cl)c2Cl)o1)NC(=S)NNc1ccc([N+](=O)[O-])cc1. The molecule has 0 saturated heterocycles. The molecule has 0 saturated carbocycles. The Morgan fingerprint density at radius 2 is 1.84 bits per heavy atom. The molecule has 0 atom stereocenters. The Bertz CT molecular complexity index is 1160. The van der Waals surface area contributed by atoms with Crippen molar-refractivity contribution in [2.45, 2.75) is 0 Å². The fourth-order valence-electron chi connectivity index (χ4n) is 2.42. The van der Waals surface area contributed by atoms with Crippen LogP contribution in [-0.2, 0) is 4.79 Å². The Labute approximate surface area is 192 Å². The third kappa shape index (κ3) is 6.05. The number of thiocarbonyl (C=S) groups is 1. The minimum Gasteiger partial charge on any atom is -0.457 e. The van der Waals surface area contributed by atoms with Crippen LogP contribution in [-0.4, -0.2) is 15.9 Å². The Morgan fingerprint density at radius 1 is 1.10 bits per heavy atom. The number of carbonyl (C=O) groups excluding carboxylic acids is 1. The Balaban J connectivity index is 1.52. The van der Waals surface area contributed by atoms with Crippen molar-refractivity contribution in [2.24, 2.45) is 0 Å². The van der Waals surface area contributed by atoms with Crippen LogP contribution in [0.15, 0.2) is 65.1 Å². The highest BCUT2D eigenvalue weighted by Gasteiger charge is 2.10. The van der Waals surface area contributed by atoms with Crippen molar-refractivity contribution in [3.63, 3.8) is 0 Å². The number of nitrogens with one attached hydrogen (secondary N) is 3. The van der Waals surface area contributed by atoms with Gasteiger partial charge in [-0.2, -0.15) is 0 Å². The maximum Gasteiger partial charge on any atom is 0.269 e. The van der Waals surface area contributed by atoms with E-state index in [1.54, 1.807) is 30.3 Å². The molecule has 11 heteroatoms. The fourth-order valence-corrected chi connectivity index (χ4v) is 2.96. The molecule has 158 valence electrons. The first-order valence-corrected chi connectivity index (χ1v) is 9.83. The number of hydrazine groups is 1. The Hall–Kier alpha value is -3.40. The van der Waals surface area contributed by atoms with E-state index in [1.165, 1.54) is 36.4 Å². The topological polar surface area (TPSA) is 109 Å². The summed E-state index contributed by atoms with van der Waals surface area (Å²) in [6.07, 6.45) is 2.73. The van der Waals surface area contributed by atoms with Gasteiger partial charge in [-0.1, -0.05) is 29.3 Å². The van der Waals surface area contributed by atoms with Gasteiger partial charge in [0.2, 0.25) is 5.91 Å². The monoisotopic (exact) mass is 476 g/mol. The molecule has 3 aromatic rings. The molecule has 0 spiro atoms. The van der Waals surface area contributed by atoms with Gasteiger partial charge >= 0.3 is 0 Å². The van der Waals surface area contributed by atoms with E-state index >= 15 is 0 Å². The first kappa shape index (κ1) is 22.3. The van der Waals surface area contributed by atoms with E-state index in [1.807, 2.05) is 0 Å². The normalized spacial score (nSPS) is 10.6. The zero-order valence-corrected chi connectivity index (χ0v) is 17.9. The lowest BCUT2D eigenvalue weighted by molar-refractivity contribution is -0.384. The molecule has 1 amide bonds. The highest BCUT2D eigenvalue weighted by Crippen LogP contribution is 2.34. The number of hydrogen-bond acceptors (Lipinski definition) is 6. The summed E-state index contributed by atoms with van der Waals surface area (Å²) in [5.41, 5.74) is 6.47. The molecule has 1 aromatic heterocycles. The number of non-ortho nitro benzene ring substituents is 1. The molecule has 0 aliphatic carbocycles. The van der Waals surface area contributed by atoms with Gasteiger partial charge in [0.15, 0.2) is 5.11 Å². The average Bonchev–Trinajstić information content (AvgIpc) is 3.22. The number of nitro groups is 1. The number of hydrogen-bond donors (Lipinski definition) is 3. The Morgan fingerprint density at radius 3 is 2.55 bits per heavy atom. The second kappa shape index (κ2) is 10.1. The standard InChI is InChI=1S/C20H14Cl2N4O4S/c21-16-3-1-2-15(19(16)22)17-10-8-14(30-17)9-11-18(27)23-20(31)25-24-12-4-6-13(7-5-12)26(28)29/h1-11,24H,(H2,23,25,27,31). The van der Waals surface area contributed by atoms with Crippen LogP contribution >= 0.6 is 35.4 Å². The number of nitro benzene ring substituents is 1. The second-order valence-electron chi connectivity index (χ2n) is 6.01. The van der Waals surface area contributed by atoms with E-state index in [2.05, 4.69) is 16.2 Å². The number of nitrogens with zero attached hydrogens (tertiary/aromatic N) is 1. The predicted molar refractivity (Wildman–Crippen MR) is 124 cm³/mol. The molecule has 2 aromatic carbocycles. The molecule has 0 radical (unpaired) electrons. The first-order valence-electron chi connectivity index (χ1n) is 8.67. The van der Waals surface area contributed by atoms with Gasteiger partial charge in [-0.3, -0.25) is 31.1 Å². The molecule has 0 unspecified atom stereocenters. The van der Waals surface area contributed by atoms with Crippen molar-refractivity contribution in [1.29, 1.82) is 0 Å². The Kier molecular flexibility index (Phi) is 7.24. The molecule has 1 heterocycles. The number of benzene rings is 2. The lowest BCUT2D eigenvalue weighted by Crippen LogP contribution is -2.41. The number of carbonyl (C=O) groups is 1. The summed E-state index contributed by atoms with van der Waals surface area (Å²) >= 11 is 17.2. The number of furan rings is 1. The minimum absolute atomic E-state index is 0.0128. The van der Waals surface area contributed by atoms with Gasteiger partial charge in [-0.25, -0.2) is 0 Å². The van der Waals surface area contributed by atoms with Crippen LogP contribution in [0.4, 0.5) is 11.4 Å². The summed E-state index contributed by atoms with van der Waals surface area (Å²) in [7, 11) is 0. The number of halogens is 2. The smallest absolute Gasteiger partial charge is 0.269 e. The van der Waals surface area contributed by atoms with Gasteiger partial charge < -0.3 is 4.42 Å². The molecule has 3 N–H and O–H groups in total. The van der Waals surface area contributed by atoms with Crippen LogP contribution in [0.1, 0.15) is 5.76 Å². The van der Waals surface area contributed by atoms with E-state index in [4.69, 9.17) is 39.8 Å². The van der Waals surface area contributed by atoms with Crippen LogP contribution < -0.4 is 16.2 Å². The summed E-state index contributed by atoms with van der Waals surface area (Å²) in [5, 5.41) is 13.9. The molecular weight excluding hydrogens is 463 g/mol. The average molecular weight is 477 g/mol. The summed E-state index contributed by atoms with van der Waals surface area (Å²) in [5.74, 6) is 0.461. The van der Waals surface area contributed by atoms with Gasteiger partial charge in [0.25, 0.3) is 5.69 Å². The summed E-state index contributed by atoms with van der Waals surface area (Å²) in [4.78, 5) is 22.2. The molecule has 0 bridgehead atoms. The third-order valence-electron chi connectivity index (χ3n) is 3.88. The zero-order chi connectivity index (χ0) is 22.4. The largest absolute Gasteiger partial charge is 0.457 e. The quantitative estimate of drug-likeness (QED) is 0.194. The van der Waals surface area contributed by atoms with Crippen molar-refractivity contribution in [2.75, 3.05) is 5.43 Å². The molecule has 0 aliphatic heterocycles. The lowest BCUT2D eigenvalue weighted by atomic mass is 10.2. The lowest BCUT2D eigenvalue weighted by Gasteiger charge is -2.10.